The van der Waals surface area contributed by atoms with Crippen LogP contribution in [0.15, 0.2) is 0 Å². The molecule has 7 heteroatoms. The SMILES string of the molecule is O=C(COC(=O)[C@@H]1CCCO1)NC(=O)NC12CC3CC(CC(C3)C1)C2. The molecule has 0 unspecified atom stereocenters. The summed E-state index contributed by atoms with van der Waals surface area (Å²) in [5.74, 6) is 1.02. The molecule has 5 rings (SSSR count). The summed E-state index contributed by atoms with van der Waals surface area (Å²) in [5, 5.41) is 5.36. The van der Waals surface area contributed by atoms with Gasteiger partial charge in [-0.05, 0) is 69.1 Å². The molecular formula is C18H26N2O5. The average Bonchev–Trinajstić information content (AvgIpc) is 3.05. The zero-order valence-corrected chi connectivity index (χ0v) is 14.4. The van der Waals surface area contributed by atoms with Gasteiger partial charge in [-0.25, -0.2) is 9.59 Å². The van der Waals surface area contributed by atoms with E-state index in [9.17, 15) is 14.4 Å². The Labute approximate surface area is 147 Å². The summed E-state index contributed by atoms with van der Waals surface area (Å²) in [5.41, 5.74) is -0.145. The number of imide groups is 1. The van der Waals surface area contributed by atoms with Gasteiger partial charge in [0, 0.05) is 12.1 Å². The van der Waals surface area contributed by atoms with E-state index in [-0.39, 0.29) is 5.54 Å². The molecule has 0 aromatic heterocycles. The number of amides is 3. The molecular weight excluding hydrogens is 324 g/mol. The Kier molecular flexibility index (Phi) is 4.43. The van der Waals surface area contributed by atoms with E-state index in [0.717, 1.165) is 43.4 Å². The van der Waals surface area contributed by atoms with E-state index in [1.165, 1.54) is 19.3 Å². The fourth-order valence-corrected chi connectivity index (χ4v) is 5.69. The Morgan fingerprint density at radius 2 is 1.68 bits per heavy atom. The van der Waals surface area contributed by atoms with Crippen molar-refractivity contribution in [3.63, 3.8) is 0 Å². The lowest BCUT2D eigenvalue weighted by Gasteiger charge is -2.56. The fourth-order valence-electron chi connectivity index (χ4n) is 5.69. The Morgan fingerprint density at radius 3 is 2.24 bits per heavy atom. The minimum atomic E-state index is -0.603. The van der Waals surface area contributed by atoms with Gasteiger partial charge in [-0.1, -0.05) is 0 Å². The molecule has 0 aromatic carbocycles. The van der Waals surface area contributed by atoms with Crippen molar-refractivity contribution < 1.29 is 23.9 Å². The average molecular weight is 350 g/mol. The molecule has 2 N–H and O–H groups in total. The van der Waals surface area contributed by atoms with Gasteiger partial charge in [0.2, 0.25) is 0 Å². The van der Waals surface area contributed by atoms with Crippen LogP contribution in [0.5, 0.6) is 0 Å². The molecule has 1 atom stereocenters. The highest BCUT2D eigenvalue weighted by molar-refractivity contribution is 5.96. The zero-order valence-electron chi connectivity index (χ0n) is 14.4. The highest BCUT2D eigenvalue weighted by Crippen LogP contribution is 2.55. The van der Waals surface area contributed by atoms with Gasteiger partial charge < -0.3 is 14.8 Å². The maximum Gasteiger partial charge on any atom is 0.335 e. The van der Waals surface area contributed by atoms with Crippen LogP contribution >= 0.6 is 0 Å². The Bertz CT molecular complexity index is 535. The Balaban J connectivity index is 1.23. The first-order valence-electron chi connectivity index (χ1n) is 9.41. The third-order valence-corrected chi connectivity index (χ3v) is 6.21. The molecule has 1 heterocycles. The van der Waals surface area contributed by atoms with E-state index in [1.807, 2.05) is 0 Å². The number of hydrogen-bond acceptors (Lipinski definition) is 5. The first-order chi connectivity index (χ1) is 12.0. The number of nitrogens with one attached hydrogen (secondary N) is 2. The van der Waals surface area contributed by atoms with Gasteiger partial charge in [0.25, 0.3) is 5.91 Å². The third kappa shape index (κ3) is 3.66. The van der Waals surface area contributed by atoms with Crippen LogP contribution in [0.1, 0.15) is 51.4 Å². The monoisotopic (exact) mass is 350 g/mol. The second-order valence-electron chi connectivity index (χ2n) is 8.31. The molecule has 0 radical (unpaired) electrons. The van der Waals surface area contributed by atoms with Gasteiger partial charge in [0.1, 0.15) is 0 Å². The smallest absolute Gasteiger partial charge is 0.335 e. The number of carbonyl (C=O) groups is 3. The highest BCUT2D eigenvalue weighted by atomic mass is 16.6. The molecule has 1 saturated heterocycles. The van der Waals surface area contributed by atoms with Crippen LogP contribution in [0.25, 0.3) is 0 Å². The molecule has 1 aliphatic heterocycles. The zero-order chi connectivity index (χ0) is 17.4. The quantitative estimate of drug-likeness (QED) is 0.750. The van der Waals surface area contributed by atoms with E-state index in [4.69, 9.17) is 9.47 Å². The van der Waals surface area contributed by atoms with Crippen molar-refractivity contribution in [1.29, 1.82) is 0 Å². The topological polar surface area (TPSA) is 93.7 Å². The molecule has 138 valence electrons. The van der Waals surface area contributed by atoms with Gasteiger partial charge in [0.15, 0.2) is 12.7 Å². The van der Waals surface area contributed by atoms with Crippen molar-refractivity contribution in [3.8, 4) is 0 Å². The van der Waals surface area contributed by atoms with E-state index < -0.39 is 30.6 Å². The number of hydrogen-bond donors (Lipinski definition) is 2. The Morgan fingerprint density at radius 1 is 1.04 bits per heavy atom. The summed E-state index contributed by atoms with van der Waals surface area (Å²) in [6, 6.07) is -0.472. The molecule has 5 aliphatic rings. The van der Waals surface area contributed by atoms with Crippen molar-refractivity contribution in [3.05, 3.63) is 0 Å². The number of urea groups is 1. The van der Waals surface area contributed by atoms with Crippen LogP contribution in [0.3, 0.4) is 0 Å². The normalized spacial score (nSPS) is 38.4. The van der Waals surface area contributed by atoms with Crippen LogP contribution in [-0.2, 0) is 19.1 Å². The third-order valence-electron chi connectivity index (χ3n) is 6.21. The van der Waals surface area contributed by atoms with E-state index in [2.05, 4.69) is 10.6 Å². The van der Waals surface area contributed by atoms with Gasteiger partial charge in [-0.2, -0.15) is 0 Å². The summed E-state index contributed by atoms with van der Waals surface area (Å²) in [6.07, 6.45) is 7.81. The first-order valence-corrected chi connectivity index (χ1v) is 9.41. The molecule has 3 amide bonds. The minimum Gasteiger partial charge on any atom is -0.454 e. The molecule has 4 saturated carbocycles. The van der Waals surface area contributed by atoms with Gasteiger partial charge >= 0.3 is 12.0 Å². The van der Waals surface area contributed by atoms with Crippen LogP contribution in [0.2, 0.25) is 0 Å². The lowest BCUT2D eigenvalue weighted by molar-refractivity contribution is -0.157. The minimum absolute atomic E-state index is 0.145. The largest absolute Gasteiger partial charge is 0.454 e. The predicted molar refractivity (Wildman–Crippen MR) is 87.5 cm³/mol. The van der Waals surface area contributed by atoms with Crippen LogP contribution < -0.4 is 10.6 Å². The lowest BCUT2D eigenvalue weighted by atomic mass is 9.53. The highest BCUT2D eigenvalue weighted by Gasteiger charge is 2.51. The molecule has 5 fully saturated rings. The summed E-state index contributed by atoms with van der Waals surface area (Å²) >= 11 is 0. The lowest BCUT2D eigenvalue weighted by Crippen LogP contribution is -2.62. The number of rotatable bonds is 4. The van der Waals surface area contributed by atoms with E-state index in [1.54, 1.807) is 0 Å². The summed E-state index contributed by atoms with van der Waals surface area (Å²) in [7, 11) is 0. The molecule has 4 aliphatic carbocycles. The van der Waals surface area contributed by atoms with Crippen molar-refractivity contribution in [2.75, 3.05) is 13.2 Å². The van der Waals surface area contributed by atoms with Gasteiger partial charge in [0.05, 0.1) is 0 Å². The maximum absolute atomic E-state index is 12.2. The predicted octanol–water partition coefficient (Wildman–Crippen LogP) is 1.50. The Hall–Kier alpha value is -1.63. The van der Waals surface area contributed by atoms with Crippen molar-refractivity contribution >= 4 is 17.9 Å². The first kappa shape index (κ1) is 16.8. The van der Waals surface area contributed by atoms with Crippen LogP contribution in [0.4, 0.5) is 4.79 Å². The molecule has 0 aromatic rings. The standard InChI is InChI=1S/C18H26N2O5/c21-15(10-25-16(22)14-2-1-3-24-14)19-17(23)20-18-7-11-4-12(8-18)6-13(5-11)9-18/h11-14H,1-10H2,(H2,19,20,21,23)/t11?,12?,13?,14-,18?/m0/s1. The second-order valence-corrected chi connectivity index (χ2v) is 8.31. The van der Waals surface area contributed by atoms with Crippen molar-refractivity contribution in [2.45, 2.75) is 63.0 Å². The molecule has 4 bridgehead atoms. The van der Waals surface area contributed by atoms with Crippen molar-refractivity contribution in [2.24, 2.45) is 17.8 Å². The summed E-state index contributed by atoms with van der Waals surface area (Å²) < 4.78 is 10.1. The summed E-state index contributed by atoms with van der Waals surface area (Å²) in [4.78, 5) is 35.8. The molecule has 0 spiro atoms. The number of carbonyl (C=O) groups excluding carboxylic acids is 3. The van der Waals surface area contributed by atoms with Gasteiger partial charge in [-0.15, -0.1) is 0 Å². The van der Waals surface area contributed by atoms with E-state index >= 15 is 0 Å². The van der Waals surface area contributed by atoms with Crippen LogP contribution in [-0.4, -0.2) is 42.8 Å². The number of esters is 1. The number of ether oxygens (including phenoxy) is 2. The van der Waals surface area contributed by atoms with Crippen LogP contribution in [0, 0.1) is 17.8 Å². The molecule has 25 heavy (non-hydrogen) atoms. The summed E-state index contributed by atoms with van der Waals surface area (Å²) in [6.45, 7) is 0.0897. The fraction of sp³-hybridized carbons (Fsp3) is 0.833. The second kappa shape index (κ2) is 6.59. The van der Waals surface area contributed by atoms with Gasteiger partial charge in [-0.3, -0.25) is 10.1 Å². The van der Waals surface area contributed by atoms with E-state index in [0.29, 0.717) is 13.0 Å². The molecule has 7 nitrogen and oxygen atoms in total. The van der Waals surface area contributed by atoms with Crippen molar-refractivity contribution in [1.82, 2.24) is 10.6 Å². The maximum atomic E-state index is 12.2.